The number of methoxy groups -OCH3 is 1. The molecule has 0 fully saturated rings. The molecule has 0 aromatic heterocycles. The normalized spacial score (nSPS) is 15.2. The van der Waals surface area contributed by atoms with Crippen LogP contribution in [0.25, 0.3) is 0 Å². The van der Waals surface area contributed by atoms with Crippen LogP contribution in [-0.4, -0.2) is 30.6 Å². The average molecular weight is 174 g/mol. The third kappa shape index (κ3) is 3.50. The van der Waals surface area contributed by atoms with E-state index in [0.717, 1.165) is 0 Å². The minimum Gasteiger partial charge on any atom is -0.478 e. The smallest absolute Gasteiger partial charge is 0.333 e. The Kier molecular flexibility index (Phi) is 4.54. The van der Waals surface area contributed by atoms with Crippen molar-refractivity contribution in [3.05, 3.63) is 12.2 Å². The van der Waals surface area contributed by atoms with Gasteiger partial charge in [-0.25, -0.2) is 4.79 Å². The molecule has 0 saturated carbocycles. The van der Waals surface area contributed by atoms with Crippen LogP contribution in [-0.2, 0) is 14.3 Å². The van der Waals surface area contributed by atoms with Gasteiger partial charge in [-0.1, -0.05) is 6.58 Å². The van der Waals surface area contributed by atoms with Crippen molar-refractivity contribution in [1.29, 1.82) is 0 Å². The molecule has 0 aliphatic rings. The third-order valence-corrected chi connectivity index (χ3v) is 1.49. The van der Waals surface area contributed by atoms with Crippen molar-refractivity contribution >= 4 is 5.97 Å². The first-order valence-electron chi connectivity index (χ1n) is 3.59. The molecule has 0 saturated heterocycles. The molecule has 0 bridgehead atoms. The standard InChI is InChI=1S/C8H14O4/c1-5(8(9)10)6(2)12-7(3)11-4/h6-7H,1H2,2-4H3,(H,9,10). The second-order valence-electron chi connectivity index (χ2n) is 2.41. The maximum atomic E-state index is 10.4. The summed E-state index contributed by atoms with van der Waals surface area (Å²) in [5.41, 5.74) is 0.0268. The number of carboxylic acid groups (broad SMARTS) is 1. The highest BCUT2D eigenvalue weighted by atomic mass is 16.7. The average Bonchev–Trinajstić information content (AvgIpc) is 2.02. The van der Waals surface area contributed by atoms with Crippen LogP contribution in [0.5, 0.6) is 0 Å². The van der Waals surface area contributed by atoms with Crippen LogP contribution in [0.3, 0.4) is 0 Å². The van der Waals surface area contributed by atoms with Crippen LogP contribution in [0.2, 0.25) is 0 Å². The van der Waals surface area contributed by atoms with Crippen molar-refractivity contribution in [3.63, 3.8) is 0 Å². The molecule has 12 heavy (non-hydrogen) atoms. The molecule has 2 unspecified atom stereocenters. The van der Waals surface area contributed by atoms with E-state index in [-0.39, 0.29) is 5.57 Å². The molecule has 0 rings (SSSR count). The number of rotatable bonds is 5. The molecule has 0 aliphatic carbocycles. The Labute approximate surface area is 71.8 Å². The van der Waals surface area contributed by atoms with Gasteiger partial charge >= 0.3 is 5.97 Å². The largest absolute Gasteiger partial charge is 0.478 e. The van der Waals surface area contributed by atoms with Crippen LogP contribution >= 0.6 is 0 Å². The highest BCUT2D eigenvalue weighted by Gasteiger charge is 2.16. The van der Waals surface area contributed by atoms with Crippen LogP contribution in [0.15, 0.2) is 12.2 Å². The maximum absolute atomic E-state index is 10.4. The topological polar surface area (TPSA) is 55.8 Å². The lowest BCUT2D eigenvalue weighted by molar-refractivity contribution is -0.144. The van der Waals surface area contributed by atoms with Crippen LogP contribution in [0.1, 0.15) is 13.8 Å². The van der Waals surface area contributed by atoms with Crippen molar-refractivity contribution in [3.8, 4) is 0 Å². The van der Waals surface area contributed by atoms with E-state index in [0.29, 0.717) is 0 Å². The van der Waals surface area contributed by atoms with Gasteiger partial charge in [0.1, 0.15) is 0 Å². The van der Waals surface area contributed by atoms with Crippen LogP contribution in [0.4, 0.5) is 0 Å². The van der Waals surface area contributed by atoms with Gasteiger partial charge in [0.05, 0.1) is 11.7 Å². The Morgan fingerprint density at radius 2 is 2.00 bits per heavy atom. The van der Waals surface area contributed by atoms with Gasteiger partial charge in [0.15, 0.2) is 6.29 Å². The third-order valence-electron chi connectivity index (χ3n) is 1.49. The fourth-order valence-electron chi connectivity index (χ4n) is 0.599. The number of aliphatic carboxylic acids is 1. The molecule has 0 aliphatic heterocycles. The second-order valence-corrected chi connectivity index (χ2v) is 2.41. The number of carboxylic acids is 1. The maximum Gasteiger partial charge on any atom is 0.333 e. The number of hydrogen-bond acceptors (Lipinski definition) is 3. The van der Waals surface area contributed by atoms with E-state index in [4.69, 9.17) is 14.6 Å². The van der Waals surface area contributed by atoms with Crippen molar-refractivity contribution in [2.24, 2.45) is 0 Å². The molecule has 0 aromatic carbocycles. The minimum atomic E-state index is -1.05. The monoisotopic (exact) mass is 174 g/mol. The summed E-state index contributed by atoms with van der Waals surface area (Å²) in [5.74, 6) is -1.05. The van der Waals surface area contributed by atoms with Gasteiger partial charge < -0.3 is 14.6 Å². The van der Waals surface area contributed by atoms with Gasteiger partial charge in [-0.3, -0.25) is 0 Å². The van der Waals surface area contributed by atoms with E-state index >= 15 is 0 Å². The lowest BCUT2D eigenvalue weighted by Crippen LogP contribution is -2.23. The van der Waals surface area contributed by atoms with E-state index < -0.39 is 18.4 Å². The summed E-state index contributed by atoms with van der Waals surface area (Å²) in [5, 5.41) is 8.52. The summed E-state index contributed by atoms with van der Waals surface area (Å²) in [7, 11) is 1.49. The molecule has 0 aromatic rings. The Hall–Kier alpha value is -0.870. The number of ether oxygens (including phenoxy) is 2. The molecular formula is C8H14O4. The Bertz CT molecular complexity index is 176. The van der Waals surface area contributed by atoms with Gasteiger partial charge in [0.2, 0.25) is 0 Å². The zero-order valence-electron chi connectivity index (χ0n) is 7.53. The molecule has 0 radical (unpaired) electrons. The Morgan fingerprint density at radius 1 is 1.50 bits per heavy atom. The zero-order valence-corrected chi connectivity index (χ0v) is 7.53. The first-order chi connectivity index (χ1) is 5.49. The number of carbonyl (C=O) groups is 1. The fraction of sp³-hybridized carbons (Fsp3) is 0.625. The quantitative estimate of drug-likeness (QED) is 0.499. The van der Waals surface area contributed by atoms with Crippen molar-refractivity contribution in [2.45, 2.75) is 26.2 Å². The molecule has 0 heterocycles. The summed E-state index contributed by atoms with van der Waals surface area (Å²) in [6, 6.07) is 0. The van der Waals surface area contributed by atoms with Crippen molar-refractivity contribution in [1.82, 2.24) is 0 Å². The molecule has 0 amide bonds. The lowest BCUT2D eigenvalue weighted by atomic mass is 10.2. The van der Waals surface area contributed by atoms with Crippen molar-refractivity contribution < 1.29 is 19.4 Å². The summed E-state index contributed by atoms with van der Waals surface area (Å²) in [6.07, 6.45) is -0.950. The first-order valence-corrected chi connectivity index (χ1v) is 3.59. The highest BCUT2D eigenvalue weighted by molar-refractivity contribution is 5.86. The predicted octanol–water partition coefficient (Wildman–Crippen LogP) is 1.02. The SMILES string of the molecule is C=C(C(=O)O)C(C)OC(C)OC. The van der Waals surface area contributed by atoms with Gasteiger partial charge in [0, 0.05) is 7.11 Å². The van der Waals surface area contributed by atoms with Crippen molar-refractivity contribution in [2.75, 3.05) is 7.11 Å². The van der Waals surface area contributed by atoms with E-state index in [2.05, 4.69) is 6.58 Å². The molecule has 4 heteroatoms. The molecular weight excluding hydrogens is 160 g/mol. The molecule has 2 atom stereocenters. The van der Waals surface area contributed by atoms with Gasteiger partial charge in [-0.05, 0) is 13.8 Å². The van der Waals surface area contributed by atoms with E-state index in [9.17, 15) is 4.79 Å². The zero-order chi connectivity index (χ0) is 9.72. The Balaban J connectivity index is 3.95. The summed E-state index contributed by atoms with van der Waals surface area (Å²) >= 11 is 0. The van der Waals surface area contributed by atoms with Crippen LogP contribution in [0, 0.1) is 0 Å². The summed E-state index contributed by atoms with van der Waals surface area (Å²) < 4.78 is 9.91. The lowest BCUT2D eigenvalue weighted by Gasteiger charge is -2.17. The first kappa shape index (κ1) is 11.1. The summed E-state index contributed by atoms with van der Waals surface area (Å²) in [4.78, 5) is 10.4. The molecule has 70 valence electrons. The Morgan fingerprint density at radius 3 is 2.33 bits per heavy atom. The van der Waals surface area contributed by atoms with Gasteiger partial charge in [-0.15, -0.1) is 0 Å². The second kappa shape index (κ2) is 4.90. The fourth-order valence-corrected chi connectivity index (χ4v) is 0.599. The van der Waals surface area contributed by atoms with Crippen LogP contribution < -0.4 is 0 Å². The van der Waals surface area contributed by atoms with E-state index in [1.807, 2.05) is 0 Å². The molecule has 4 nitrogen and oxygen atoms in total. The highest BCUT2D eigenvalue weighted by Crippen LogP contribution is 2.07. The van der Waals surface area contributed by atoms with E-state index in [1.54, 1.807) is 13.8 Å². The molecule has 0 spiro atoms. The predicted molar refractivity (Wildman–Crippen MR) is 43.8 cm³/mol. The van der Waals surface area contributed by atoms with Gasteiger partial charge in [-0.2, -0.15) is 0 Å². The summed E-state index contributed by atoms with van der Waals surface area (Å²) in [6.45, 7) is 6.66. The van der Waals surface area contributed by atoms with Gasteiger partial charge in [0.25, 0.3) is 0 Å². The minimum absolute atomic E-state index is 0.0268. The number of hydrogen-bond donors (Lipinski definition) is 1. The molecule has 1 N–H and O–H groups in total. The van der Waals surface area contributed by atoms with E-state index in [1.165, 1.54) is 7.11 Å².